The first-order chi connectivity index (χ1) is 14.5. The zero-order chi connectivity index (χ0) is 22.8. The topological polar surface area (TPSA) is 54.3 Å². The smallest absolute Gasteiger partial charge is 0.417 e. The van der Waals surface area contributed by atoms with Crippen molar-refractivity contribution >= 4 is 0 Å². The predicted molar refractivity (Wildman–Crippen MR) is 98.8 cm³/mol. The molecule has 0 amide bonds. The van der Waals surface area contributed by atoms with Crippen LogP contribution in [0.3, 0.4) is 0 Å². The zero-order valence-electron chi connectivity index (χ0n) is 16.2. The van der Waals surface area contributed by atoms with Crippen molar-refractivity contribution in [3.63, 3.8) is 0 Å². The molecule has 1 fully saturated rings. The number of rotatable bonds is 5. The molecule has 166 valence electrons. The molecule has 0 aliphatic carbocycles. The van der Waals surface area contributed by atoms with E-state index in [0.29, 0.717) is 17.6 Å². The van der Waals surface area contributed by atoms with Crippen LogP contribution in [0.5, 0.6) is 11.5 Å². The average Bonchev–Trinajstić information content (AvgIpc) is 3.16. The minimum Gasteiger partial charge on any atom is -0.497 e. The summed E-state index contributed by atoms with van der Waals surface area (Å²) < 4.78 is 91.1. The molecule has 10 heteroatoms. The second kappa shape index (κ2) is 8.67. The van der Waals surface area contributed by atoms with Crippen molar-refractivity contribution in [2.24, 2.45) is 0 Å². The molecule has 2 aromatic carbocycles. The lowest BCUT2D eigenvalue weighted by Crippen LogP contribution is -2.44. The fourth-order valence-electron chi connectivity index (χ4n) is 3.64. The van der Waals surface area contributed by atoms with Crippen LogP contribution in [0, 0.1) is 11.3 Å². The molecular formula is C21H18F6N2O2. The van der Waals surface area contributed by atoms with Gasteiger partial charge in [-0.2, -0.15) is 31.6 Å². The fourth-order valence-corrected chi connectivity index (χ4v) is 3.64. The van der Waals surface area contributed by atoms with E-state index in [9.17, 15) is 26.3 Å². The average molecular weight is 444 g/mol. The summed E-state index contributed by atoms with van der Waals surface area (Å²) in [5.74, 6) is -0.240. The molecule has 1 heterocycles. The third kappa shape index (κ3) is 5.22. The van der Waals surface area contributed by atoms with Crippen molar-refractivity contribution in [3.05, 3.63) is 59.2 Å². The second-order valence-electron chi connectivity index (χ2n) is 7.13. The Balaban J connectivity index is 1.81. The van der Waals surface area contributed by atoms with Gasteiger partial charge in [-0.15, -0.1) is 0 Å². The Morgan fingerprint density at radius 3 is 2.23 bits per heavy atom. The molecule has 0 radical (unpaired) electrons. The SMILES string of the molecule is COc1ccc(OC[C@@H]2CC(c3ccc(C#N)c(C(F)(F)F)c3)[C@H](C(F)(F)F)N2)cc1. The molecule has 1 aliphatic heterocycles. The van der Waals surface area contributed by atoms with Gasteiger partial charge in [-0.25, -0.2) is 0 Å². The number of benzene rings is 2. The number of hydrogen-bond donors (Lipinski definition) is 1. The molecule has 1 aliphatic rings. The Morgan fingerprint density at radius 1 is 1.03 bits per heavy atom. The normalized spacial score (nSPS) is 21.5. The van der Waals surface area contributed by atoms with Crippen LogP contribution in [0.15, 0.2) is 42.5 Å². The lowest BCUT2D eigenvalue weighted by Gasteiger charge is -2.23. The highest BCUT2D eigenvalue weighted by Gasteiger charge is 2.51. The summed E-state index contributed by atoms with van der Waals surface area (Å²) in [5.41, 5.74) is -2.01. The first kappa shape index (κ1) is 22.7. The Kier molecular flexibility index (Phi) is 6.36. The van der Waals surface area contributed by atoms with Crippen molar-refractivity contribution in [1.29, 1.82) is 5.26 Å². The number of nitrogens with one attached hydrogen (secondary N) is 1. The van der Waals surface area contributed by atoms with Gasteiger partial charge in [0.25, 0.3) is 0 Å². The number of nitriles is 1. The number of halogens is 6. The van der Waals surface area contributed by atoms with E-state index in [1.165, 1.54) is 13.2 Å². The quantitative estimate of drug-likeness (QED) is 0.657. The van der Waals surface area contributed by atoms with Crippen LogP contribution in [0.1, 0.15) is 29.0 Å². The van der Waals surface area contributed by atoms with Crippen molar-refractivity contribution in [2.45, 2.75) is 36.8 Å². The summed E-state index contributed by atoms with van der Waals surface area (Å²) in [7, 11) is 1.49. The molecule has 4 nitrogen and oxygen atoms in total. The van der Waals surface area contributed by atoms with Crippen LogP contribution in [0.4, 0.5) is 26.3 Å². The van der Waals surface area contributed by atoms with Gasteiger partial charge in [-0.05, 0) is 48.4 Å². The van der Waals surface area contributed by atoms with Crippen molar-refractivity contribution < 1.29 is 35.8 Å². The molecule has 1 N–H and O–H groups in total. The minimum absolute atomic E-state index is 0.0798. The van der Waals surface area contributed by atoms with Gasteiger partial charge in [-0.1, -0.05) is 6.07 Å². The lowest BCUT2D eigenvalue weighted by atomic mass is 9.88. The Labute approximate surface area is 174 Å². The highest BCUT2D eigenvalue weighted by atomic mass is 19.4. The summed E-state index contributed by atoms with van der Waals surface area (Å²) >= 11 is 0. The van der Waals surface area contributed by atoms with E-state index in [1.807, 2.05) is 0 Å². The van der Waals surface area contributed by atoms with E-state index in [0.717, 1.165) is 12.1 Å². The predicted octanol–water partition coefficient (Wildman–Crippen LogP) is 5.04. The van der Waals surface area contributed by atoms with E-state index < -0.39 is 41.5 Å². The maximum absolute atomic E-state index is 13.6. The second-order valence-corrected chi connectivity index (χ2v) is 7.13. The van der Waals surface area contributed by atoms with Crippen LogP contribution >= 0.6 is 0 Å². The number of alkyl halides is 6. The highest BCUT2D eigenvalue weighted by Crippen LogP contribution is 2.42. The first-order valence-corrected chi connectivity index (χ1v) is 9.23. The van der Waals surface area contributed by atoms with Crippen LogP contribution in [0.25, 0.3) is 0 Å². The summed E-state index contributed by atoms with van der Waals surface area (Å²) in [5, 5.41) is 11.3. The van der Waals surface area contributed by atoms with Crippen LogP contribution < -0.4 is 14.8 Å². The van der Waals surface area contributed by atoms with Gasteiger partial charge in [0, 0.05) is 12.0 Å². The number of hydrogen-bond acceptors (Lipinski definition) is 4. The standard InChI is InChI=1S/C21H18F6N2O2/c1-30-15-4-6-16(7-5-15)31-11-14-9-17(19(29-14)21(25,26)27)12-2-3-13(10-28)18(8-12)20(22,23)24/h2-8,14,17,19,29H,9,11H2,1H3/t14-,17?,19+/m0/s1. The molecule has 3 rings (SSSR count). The molecule has 3 atom stereocenters. The largest absolute Gasteiger partial charge is 0.497 e. The van der Waals surface area contributed by atoms with Crippen LogP contribution in [-0.4, -0.2) is 32.0 Å². The summed E-state index contributed by atoms with van der Waals surface area (Å²) in [6.07, 6.45) is -9.60. The first-order valence-electron chi connectivity index (χ1n) is 9.23. The summed E-state index contributed by atoms with van der Waals surface area (Å²) in [6.45, 7) is -0.0994. The van der Waals surface area contributed by atoms with Gasteiger partial charge in [0.15, 0.2) is 0 Å². The van der Waals surface area contributed by atoms with E-state index in [4.69, 9.17) is 14.7 Å². The van der Waals surface area contributed by atoms with Crippen molar-refractivity contribution in [1.82, 2.24) is 5.32 Å². The molecule has 0 saturated carbocycles. The molecule has 0 spiro atoms. The molecule has 0 aromatic heterocycles. The van der Waals surface area contributed by atoms with Crippen LogP contribution in [-0.2, 0) is 6.18 Å². The maximum atomic E-state index is 13.6. The van der Waals surface area contributed by atoms with E-state index in [2.05, 4.69) is 5.32 Å². The Bertz CT molecular complexity index is 950. The minimum atomic E-state index is -4.85. The van der Waals surface area contributed by atoms with Gasteiger partial charge >= 0.3 is 12.4 Å². The van der Waals surface area contributed by atoms with Crippen LogP contribution in [0.2, 0.25) is 0 Å². The monoisotopic (exact) mass is 444 g/mol. The van der Waals surface area contributed by atoms with E-state index >= 15 is 0 Å². The third-order valence-electron chi connectivity index (χ3n) is 5.12. The van der Waals surface area contributed by atoms with Gasteiger partial charge in [-0.3, -0.25) is 5.32 Å². The van der Waals surface area contributed by atoms with E-state index in [1.54, 1.807) is 24.3 Å². The molecule has 0 bridgehead atoms. The molecular weight excluding hydrogens is 426 g/mol. The molecule has 2 aromatic rings. The van der Waals surface area contributed by atoms with E-state index in [-0.39, 0.29) is 18.6 Å². The fraction of sp³-hybridized carbons (Fsp3) is 0.381. The Hall–Kier alpha value is -2.93. The molecule has 1 unspecified atom stereocenters. The molecule has 31 heavy (non-hydrogen) atoms. The number of ether oxygens (including phenoxy) is 2. The lowest BCUT2D eigenvalue weighted by molar-refractivity contribution is -0.156. The summed E-state index contributed by atoms with van der Waals surface area (Å²) in [4.78, 5) is 0. The van der Waals surface area contributed by atoms with Gasteiger partial charge in [0.2, 0.25) is 0 Å². The van der Waals surface area contributed by atoms with Gasteiger partial charge in [0.05, 0.1) is 24.3 Å². The van der Waals surface area contributed by atoms with Gasteiger partial charge < -0.3 is 9.47 Å². The maximum Gasteiger partial charge on any atom is 0.417 e. The van der Waals surface area contributed by atoms with Gasteiger partial charge in [0.1, 0.15) is 24.1 Å². The van der Waals surface area contributed by atoms with Crippen molar-refractivity contribution in [3.8, 4) is 17.6 Å². The van der Waals surface area contributed by atoms with Crippen molar-refractivity contribution in [2.75, 3.05) is 13.7 Å². The molecule has 1 saturated heterocycles. The number of methoxy groups -OCH3 is 1. The summed E-state index contributed by atoms with van der Waals surface area (Å²) in [6, 6.07) is 7.82. The highest BCUT2D eigenvalue weighted by molar-refractivity contribution is 5.43. The Morgan fingerprint density at radius 2 is 1.68 bits per heavy atom. The number of nitrogens with zero attached hydrogens (tertiary/aromatic N) is 1. The third-order valence-corrected chi connectivity index (χ3v) is 5.12. The zero-order valence-corrected chi connectivity index (χ0v) is 16.2.